The zero-order valence-electron chi connectivity index (χ0n) is 10.3. The lowest BCUT2D eigenvalue weighted by Gasteiger charge is -2.14. The third-order valence-corrected chi connectivity index (χ3v) is 3.51. The average molecular weight is 239 g/mol. The molecule has 0 aliphatic carbocycles. The summed E-state index contributed by atoms with van der Waals surface area (Å²) in [5.74, 6) is 0.720. The maximum Gasteiger partial charge on any atom is 0.0357 e. The van der Waals surface area contributed by atoms with E-state index in [1.54, 1.807) is 6.26 Å². The molecule has 0 fully saturated rings. The summed E-state index contributed by atoms with van der Waals surface area (Å²) in [6.07, 6.45) is 2.82. The molecular formula is C13H21NOS. The molecule has 1 aromatic rings. The normalized spacial score (nSPS) is 14.7. The molecule has 3 heteroatoms. The Hall–Kier alpha value is -0.670. The molecular weight excluding hydrogens is 218 g/mol. The fraction of sp³-hybridized carbons (Fsp3) is 0.538. The second-order valence-corrected chi connectivity index (χ2v) is 5.60. The minimum Gasteiger partial charge on any atom is -0.309 e. The second kappa shape index (κ2) is 6.81. The molecule has 0 bridgehead atoms. The highest BCUT2D eigenvalue weighted by atomic mass is 32.2. The molecule has 90 valence electrons. The first kappa shape index (κ1) is 13.4. The van der Waals surface area contributed by atoms with E-state index in [4.69, 9.17) is 0 Å². The molecule has 16 heavy (non-hydrogen) atoms. The summed E-state index contributed by atoms with van der Waals surface area (Å²) >= 11 is 0. The van der Waals surface area contributed by atoms with Crippen LogP contribution in [0, 0.1) is 0 Å². The molecule has 2 unspecified atom stereocenters. The summed E-state index contributed by atoms with van der Waals surface area (Å²) in [7, 11) is -0.706. The second-order valence-electron chi connectivity index (χ2n) is 4.05. The first-order chi connectivity index (χ1) is 7.63. The maximum atomic E-state index is 10.9. The number of hydrogen-bond acceptors (Lipinski definition) is 2. The summed E-state index contributed by atoms with van der Waals surface area (Å²) in [5, 5.41) is 3.37. The van der Waals surface area contributed by atoms with Gasteiger partial charge in [0.2, 0.25) is 0 Å². The van der Waals surface area contributed by atoms with E-state index in [1.807, 2.05) is 0 Å². The first-order valence-corrected chi connectivity index (χ1v) is 7.48. The van der Waals surface area contributed by atoms with E-state index in [9.17, 15) is 4.21 Å². The molecule has 0 saturated heterocycles. The quantitative estimate of drug-likeness (QED) is 0.825. The van der Waals surface area contributed by atoms with Crippen molar-refractivity contribution in [3.8, 4) is 0 Å². The van der Waals surface area contributed by atoms with E-state index in [2.05, 4.69) is 43.4 Å². The van der Waals surface area contributed by atoms with Gasteiger partial charge in [-0.25, -0.2) is 0 Å². The fourth-order valence-corrected chi connectivity index (χ4v) is 1.98. The zero-order chi connectivity index (χ0) is 12.0. The van der Waals surface area contributed by atoms with Crippen molar-refractivity contribution in [1.29, 1.82) is 0 Å². The van der Waals surface area contributed by atoms with Crippen LogP contribution in [0.3, 0.4) is 0 Å². The largest absolute Gasteiger partial charge is 0.309 e. The summed E-state index contributed by atoms with van der Waals surface area (Å²) in [6.45, 7) is 5.10. The molecule has 0 saturated carbocycles. The lowest BCUT2D eigenvalue weighted by molar-refractivity contribution is 0.597. The monoisotopic (exact) mass is 239 g/mol. The van der Waals surface area contributed by atoms with Crippen LogP contribution in [0.1, 0.15) is 31.0 Å². The summed E-state index contributed by atoms with van der Waals surface area (Å²) in [6, 6.07) is 9.00. The van der Waals surface area contributed by atoms with E-state index in [1.165, 1.54) is 11.1 Å². The van der Waals surface area contributed by atoms with Gasteiger partial charge in [0, 0.05) is 35.4 Å². The van der Waals surface area contributed by atoms with Crippen LogP contribution < -0.4 is 5.32 Å². The van der Waals surface area contributed by atoms with Gasteiger partial charge in [-0.15, -0.1) is 0 Å². The van der Waals surface area contributed by atoms with Crippen molar-refractivity contribution in [1.82, 2.24) is 5.32 Å². The van der Waals surface area contributed by atoms with Crippen molar-refractivity contribution < 1.29 is 4.21 Å². The molecule has 0 amide bonds. The van der Waals surface area contributed by atoms with Gasteiger partial charge >= 0.3 is 0 Å². The van der Waals surface area contributed by atoms with Gasteiger partial charge in [0.05, 0.1) is 0 Å². The Morgan fingerprint density at radius 1 is 1.31 bits per heavy atom. The molecule has 0 aliphatic rings. The predicted octanol–water partition coefficient (Wildman–Crippen LogP) is 2.28. The molecule has 2 nitrogen and oxygen atoms in total. The number of nitrogens with one attached hydrogen (secondary N) is 1. The minimum absolute atomic E-state index is 0.328. The Morgan fingerprint density at radius 2 is 1.94 bits per heavy atom. The minimum atomic E-state index is -0.706. The van der Waals surface area contributed by atoms with Crippen LogP contribution in [0.5, 0.6) is 0 Å². The topological polar surface area (TPSA) is 29.1 Å². The molecule has 0 radical (unpaired) electrons. The number of rotatable bonds is 6. The standard InChI is InChI=1S/C13H21NOS/c1-4-12-5-7-13(8-6-12)11(2)14-9-10-16(3)15/h5-8,11,14H,4,9-10H2,1-3H3. The van der Waals surface area contributed by atoms with Crippen molar-refractivity contribution in [3.63, 3.8) is 0 Å². The molecule has 1 rings (SSSR count). The smallest absolute Gasteiger partial charge is 0.0357 e. The molecule has 0 spiro atoms. The molecule has 0 aromatic heterocycles. The van der Waals surface area contributed by atoms with Gasteiger partial charge in [0.15, 0.2) is 0 Å². The van der Waals surface area contributed by atoms with E-state index < -0.39 is 10.8 Å². The SMILES string of the molecule is CCc1ccc(C(C)NCCS(C)=O)cc1. The molecule has 0 aliphatic heterocycles. The van der Waals surface area contributed by atoms with Crippen molar-refractivity contribution in [3.05, 3.63) is 35.4 Å². The number of aryl methyl sites for hydroxylation is 1. The lowest BCUT2D eigenvalue weighted by atomic mass is 10.1. The highest BCUT2D eigenvalue weighted by Crippen LogP contribution is 2.13. The van der Waals surface area contributed by atoms with Crippen molar-refractivity contribution in [2.24, 2.45) is 0 Å². The van der Waals surface area contributed by atoms with Gasteiger partial charge in [0.1, 0.15) is 0 Å². The van der Waals surface area contributed by atoms with Crippen LogP contribution in [-0.4, -0.2) is 22.8 Å². The van der Waals surface area contributed by atoms with E-state index in [0.717, 1.165) is 18.7 Å². The third-order valence-electron chi connectivity index (χ3n) is 2.73. The van der Waals surface area contributed by atoms with E-state index >= 15 is 0 Å². The van der Waals surface area contributed by atoms with Crippen molar-refractivity contribution in [2.75, 3.05) is 18.6 Å². The average Bonchev–Trinajstić information content (AvgIpc) is 2.28. The van der Waals surface area contributed by atoms with Gasteiger partial charge < -0.3 is 5.32 Å². The summed E-state index contributed by atoms with van der Waals surface area (Å²) in [5.41, 5.74) is 2.66. The molecule has 1 N–H and O–H groups in total. The zero-order valence-corrected chi connectivity index (χ0v) is 11.1. The van der Waals surface area contributed by atoms with Crippen LogP contribution in [-0.2, 0) is 17.2 Å². The van der Waals surface area contributed by atoms with Crippen LogP contribution in [0.15, 0.2) is 24.3 Å². The summed E-state index contributed by atoms with van der Waals surface area (Å²) < 4.78 is 10.9. The Morgan fingerprint density at radius 3 is 2.44 bits per heavy atom. The first-order valence-electron chi connectivity index (χ1n) is 5.75. The van der Waals surface area contributed by atoms with Crippen molar-refractivity contribution in [2.45, 2.75) is 26.3 Å². The maximum absolute atomic E-state index is 10.9. The van der Waals surface area contributed by atoms with Crippen molar-refractivity contribution >= 4 is 10.8 Å². The molecule has 2 atom stereocenters. The van der Waals surface area contributed by atoms with E-state index in [-0.39, 0.29) is 0 Å². The fourth-order valence-electron chi connectivity index (χ4n) is 1.58. The van der Waals surface area contributed by atoms with Gasteiger partial charge in [-0.2, -0.15) is 0 Å². The Kier molecular flexibility index (Phi) is 5.71. The Balaban J connectivity index is 2.45. The highest BCUT2D eigenvalue weighted by Gasteiger charge is 2.04. The highest BCUT2D eigenvalue weighted by molar-refractivity contribution is 7.84. The van der Waals surface area contributed by atoms with Crippen LogP contribution >= 0.6 is 0 Å². The lowest BCUT2D eigenvalue weighted by Crippen LogP contribution is -2.23. The van der Waals surface area contributed by atoms with Gasteiger partial charge in [0.25, 0.3) is 0 Å². The predicted molar refractivity (Wildman–Crippen MR) is 71.2 cm³/mol. The molecule has 1 aromatic carbocycles. The van der Waals surface area contributed by atoms with Crippen LogP contribution in [0.4, 0.5) is 0 Å². The van der Waals surface area contributed by atoms with E-state index in [0.29, 0.717) is 6.04 Å². The van der Waals surface area contributed by atoms with Gasteiger partial charge in [-0.05, 0) is 24.5 Å². The Labute approximate surface area is 101 Å². The number of benzene rings is 1. The van der Waals surface area contributed by atoms with Gasteiger partial charge in [-0.1, -0.05) is 31.2 Å². The third kappa shape index (κ3) is 4.45. The molecule has 0 heterocycles. The Bertz CT molecular complexity index is 334. The van der Waals surface area contributed by atoms with Crippen LogP contribution in [0.2, 0.25) is 0 Å². The summed E-state index contributed by atoms with van der Waals surface area (Å²) in [4.78, 5) is 0. The van der Waals surface area contributed by atoms with Gasteiger partial charge in [-0.3, -0.25) is 4.21 Å². The van der Waals surface area contributed by atoms with Crippen LogP contribution in [0.25, 0.3) is 0 Å². The number of hydrogen-bond donors (Lipinski definition) is 1.